The lowest BCUT2D eigenvalue weighted by atomic mass is 9.90. The molecule has 8 heteroatoms. The summed E-state index contributed by atoms with van der Waals surface area (Å²) in [6.07, 6.45) is -3.43. The van der Waals surface area contributed by atoms with Gasteiger partial charge in [0.1, 0.15) is 0 Å². The summed E-state index contributed by atoms with van der Waals surface area (Å²) in [6, 6.07) is 11.3. The lowest BCUT2D eigenvalue weighted by Gasteiger charge is -2.16. The highest BCUT2D eigenvalue weighted by Crippen LogP contribution is 2.53. The Labute approximate surface area is 163 Å². The molecule has 144 valence electrons. The summed E-state index contributed by atoms with van der Waals surface area (Å²) >= 11 is 6.19. The summed E-state index contributed by atoms with van der Waals surface area (Å²) in [5.41, 5.74) is -1.65. The van der Waals surface area contributed by atoms with Crippen LogP contribution in [-0.2, 0) is 21.2 Å². The highest BCUT2D eigenvalue weighted by atomic mass is 35.5. The summed E-state index contributed by atoms with van der Waals surface area (Å²) in [6.45, 7) is 0. The van der Waals surface area contributed by atoms with Gasteiger partial charge in [0, 0.05) is 22.5 Å². The minimum absolute atomic E-state index is 0.0784. The van der Waals surface area contributed by atoms with E-state index < -0.39 is 34.4 Å². The summed E-state index contributed by atoms with van der Waals surface area (Å²) in [5.74, 6) is -1.74. The minimum Gasteiger partial charge on any atom is -0.319 e. The Kier molecular flexibility index (Phi) is 5.18. The van der Waals surface area contributed by atoms with Crippen molar-refractivity contribution in [2.45, 2.75) is 30.9 Å². The molecule has 1 aliphatic carbocycles. The number of ketones is 1. The van der Waals surface area contributed by atoms with Crippen molar-refractivity contribution >= 4 is 29.0 Å². The zero-order valence-corrected chi connectivity index (χ0v) is 15.2. The normalized spacial score (nSPS) is 14.8. The van der Waals surface area contributed by atoms with Gasteiger partial charge >= 0.3 is 6.18 Å². The van der Waals surface area contributed by atoms with Crippen LogP contribution >= 0.6 is 11.6 Å². The van der Waals surface area contributed by atoms with Gasteiger partial charge in [-0.15, -0.1) is 0 Å². The smallest absolute Gasteiger partial charge is 0.319 e. The van der Waals surface area contributed by atoms with Crippen molar-refractivity contribution in [3.63, 3.8) is 0 Å². The van der Waals surface area contributed by atoms with Crippen LogP contribution in [0.2, 0.25) is 5.02 Å². The average Bonchev–Trinajstić information content (AvgIpc) is 3.41. The summed E-state index contributed by atoms with van der Waals surface area (Å²) in [4.78, 5) is 24.6. The zero-order chi connectivity index (χ0) is 20.5. The van der Waals surface area contributed by atoms with E-state index in [1.54, 1.807) is 24.3 Å². The molecule has 1 N–H and O–H groups in total. The van der Waals surface area contributed by atoms with Crippen molar-refractivity contribution in [2.24, 2.45) is 0 Å². The predicted molar refractivity (Wildman–Crippen MR) is 96.8 cm³/mol. The molecule has 1 aliphatic rings. The van der Waals surface area contributed by atoms with Gasteiger partial charge in [-0.3, -0.25) is 9.59 Å². The predicted octanol–water partition coefficient (Wildman–Crippen LogP) is 4.86. The molecule has 0 radical (unpaired) electrons. The Morgan fingerprint density at radius 2 is 1.86 bits per heavy atom. The van der Waals surface area contributed by atoms with E-state index in [9.17, 15) is 22.8 Å². The Balaban J connectivity index is 1.75. The lowest BCUT2D eigenvalue weighted by molar-refractivity contribution is -0.137. The van der Waals surface area contributed by atoms with Gasteiger partial charge in [-0.25, -0.2) is 0 Å². The van der Waals surface area contributed by atoms with Crippen molar-refractivity contribution in [3.8, 4) is 6.07 Å². The van der Waals surface area contributed by atoms with Crippen LogP contribution in [0.15, 0.2) is 42.5 Å². The van der Waals surface area contributed by atoms with E-state index in [0.29, 0.717) is 23.9 Å². The third-order valence-corrected chi connectivity index (χ3v) is 5.08. The number of alkyl halides is 3. The minimum atomic E-state index is -4.75. The molecule has 2 aromatic carbocycles. The fourth-order valence-electron chi connectivity index (χ4n) is 3.13. The molecule has 3 rings (SSSR count). The number of halogens is 4. The molecular formula is C20H14ClF3N2O2. The average molecular weight is 407 g/mol. The van der Waals surface area contributed by atoms with Gasteiger partial charge in [0.2, 0.25) is 5.78 Å². The Bertz CT molecular complexity index is 992. The van der Waals surface area contributed by atoms with E-state index in [1.165, 1.54) is 6.07 Å². The highest BCUT2D eigenvalue weighted by Gasteiger charge is 2.47. The van der Waals surface area contributed by atoms with Crippen molar-refractivity contribution in [1.82, 2.24) is 0 Å². The summed E-state index contributed by atoms with van der Waals surface area (Å²) < 4.78 is 39.1. The van der Waals surface area contributed by atoms with Crippen LogP contribution in [-0.4, -0.2) is 11.7 Å². The number of benzene rings is 2. The number of rotatable bonds is 5. The number of carbonyl (C=O) groups is 2. The van der Waals surface area contributed by atoms with Crippen LogP contribution in [0.25, 0.3) is 0 Å². The quantitative estimate of drug-likeness (QED) is 0.721. The fourth-order valence-corrected chi connectivity index (χ4v) is 3.46. The van der Waals surface area contributed by atoms with E-state index >= 15 is 0 Å². The number of nitriles is 1. The van der Waals surface area contributed by atoms with Crippen molar-refractivity contribution in [2.75, 3.05) is 5.32 Å². The molecule has 28 heavy (non-hydrogen) atoms. The maximum atomic E-state index is 13.0. The molecule has 0 aliphatic heterocycles. The summed E-state index contributed by atoms with van der Waals surface area (Å²) in [7, 11) is 0. The first-order valence-electron chi connectivity index (χ1n) is 8.37. The number of Topliss-reactive ketones (excluding diaryl/α,β-unsaturated/α-hetero) is 1. The summed E-state index contributed by atoms with van der Waals surface area (Å²) in [5, 5.41) is 11.5. The number of amides is 1. The second-order valence-corrected chi connectivity index (χ2v) is 7.09. The molecule has 0 bridgehead atoms. The van der Waals surface area contributed by atoms with Crippen LogP contribution in [0.5, 0.6) is 0 Å². The van der Waals surface area contributed by atoms with E-state index in [4.69, 9.17) is 16.9 Å². The van der Waals surface area contributed by atoms with Crippen molar-refractivity contribution < 1.29 is 22.8 Å². The molecule has 0 unspecified atom stereocenters. The highest BCUT2D eigenvalue weighted by molar-refractivity contribution is 6.41. The standard InChI is InChI=1S/C20H14ClF3N2O2/c21-16-4-2-1-3-14(16)19(7-8-19)10-17(27)18(28)26-13-6-5-12(11-25)15(9-13)20(22,23)24/h1-6,9H,7-8,10H2,(H,26,28). The largest absolute Gasteiger partial charge is 0.417 e. The van der Waals surface area contributed by atoms with Gasteiger partial charge in [0.05, 0.1) is 17.2 Å². The second kappa shape index (κ2) is 7.28. The number of carbonyl (C=O) groups excluding carboxylic acids is 2. The van der Waals surface area contributed by atoms with Crippen LogP contribution in [0.1, 0.15) is 36.0 Å². The molecule has 2 aromatic rings. The molecule has 1 amide bonds. The van der Waals surface area contributed by atoms with Crippen LogP contribution < -0.4 is 5.32 Å². The topological polar surface area (TPSA) is 70.0 Å². The molecule has 0 heterocycles. The van der Waals surface area contributed by atoms with Gasteiger partial charge < -0.3 is 5.32 Å². The lowest BCUT2D eigenvalue weighted by Crippen LogP contribution is -2.27. The third kappa shape index (κ3) is 4.02. The third-order valence-electron chi connectivity index (χ3n) is 4.75. The molecule has 0 saturated heterocycles. The molecule has 0 aromatic heterocycles. The van der Waals surface area contributed by atoms with Crippen LogP contribution in [0, 0.1) is 11.3 Å². The number of nitrogens with one attached hydrogen (secondary N) is 1. The first-order valence-corrected chi connectivity index (χ1v) is 8.75. The first-order chi connectivity index (χ1) is 13.2. The van der Waals surface area contributed by atoms with Gasteiger partial charge in [0.25, 0.3) is 5.91 Å². The maximum Gasteiger partial charge on any atom is 0.417 e. The Morgan fingerprint density at radius 3 is 2.43 bits per heavy atom. The fraction of sp³-hybridized carbons (Fsp3) is 0.250. The Hall–Kier alpha value is -2.85. The van der Waals surface area contributed by atoms with Crippen LogP contribution in [0.4, 0.5) is 18.9 Å². The second-order valence-electron chi connectivity index (χ2n) is 6.68. The molecule has 4 nitrogen and oxygen atoms in total. The zero-order valence-electron chi connectivity index (χ0n) is 14.4. The number of anilines is 1. The number of hydrogen-bond donors (Lipinski definition) is 1. The molecule has 0 spiro atoms. The number of nitrogens with zero attached hydrogens (tertiary/aromatic N) is 1. The molecule has 1 fully saturated rings. The molecular weight excluding hydrogens is 393 g/mol. The SMILES string of the molecule is N#Cc1ccc(NC(=O)C(=O)CC2(c3ccccc3Cl)CC2)cc1C(F)(F)F. The van der Waals surface area contributed by atoms with Crippen LogP contribution in [0.3, 0.4) is 0 Å². The first kappa shape index (κ1) is 19.9. The monoisotopic (exact) mass is 406 g/mol. The van der Waals surface area contributed by atoms with E-state index in [0.717, 1.165) is 17.7 Å². The van der Waals surface area contributed by atoms with Crippen molar-refractivity contribution in [1.29, 1.82) is 5.26 Å². The van der Waals surface area contributed by atoms with Gasteiger partial charge in [-0.05, 0) is 42.7 Å². The van der Waals surface area contributed by atoms with Crippen molar-refractivity contribution in [3.05, 3.63) is 64.2 Å². The molecule has 0 atom stereocenters. The van der Waals surface area contributed by atoms with E-state index in [-0.39, 0.29) is 12.1 Å². The van der Waals surface area contributed by atoms with Gasteiger partial charge in [0.15, 0.2) is 0 Å². The van der Waals surface area contributed by atoms with E-state index in [1.807, 2.05) is 0 Å². The van der Waals surface area contributed by atoms with Gasteiger partial charge in [-0.1, -0.05) is 29.8 Å². The Morgan fingerprint density at radius 1 is 1.18 bits per heavy atom. The number of hydrogen-bond acceptors (Lipinski definition) is 3. The maximum absolute atomic E-state index is 13.0. The van der Waals surface area contributed by atoms with Gasteiger partial charge in [-0.2, -0.15) is 18.4 Å². The molecule has 1 saturated carbocycles. The van der Waals surface area contributed by atoms with E-state index in [2.05, 4.69) is 5.32 Å².